The number of nitrogens with zero attached hydrogens (tertiary/aromatic N) is 3. The number of aromatic nitrogens is 2. The number of benzene rings is 1. The average Bonchev–Trinajstić information content (AvgIpc) is 3.24. The molecule has 3 heterocycles. The molecule has 0 saturated carbocycles. The first-order valence-corrected chi connectivity index (χ1v) is 11.2. The van der Waals surface area contributed by atoms with E-state index < -0.39 is 0 Å². The SMILES string of the molecule is Cc1ccc(CC(=O)N2CCC(c3[nH]ncc3C(=O)N3C[C@@H](C)O[C@@H](C)C3)CC2)cc1. The van der Waals surface area contributed by atoms with Gasteiger partial charge < -0.3 is 14.5 Å². The highest BCUT2D eigenvalue weighted by Gasteiger charge is 2.32. The zero-order chi connectivity index (χ0) is 22.0. The molecule has 166 valence electrons. The second-order valence-electron chi connectivity index (χ2n) is 8.98. The maximum absolute atomic E-state index is 13.2. The van der Waals surface area contributed by atoms with E-state index in [2.05, 4.69) is 10.2 Å². The van der Waals surface area contributed by atoms with Crippen LogP contribution in [0.4, 0.5) is 0 Å². The molecule has 1 aromatic heterocycles. The Morgan fingerprint density at radius 1 is 1.06 bits per heavy atom. The zero-order valence-electron chi connectivity index (χ0n) is 18.6. The van der Waals surface area contributed by atoms with Crippen LogP contribution >= 0.6 is 0 Å². The third kappa shape index (κ3) is 4.98. The molecule has 0 aliphatic carbocycles. The molecular weight excluding hydrogens is 392 g/mol. The molecule has 0 unspecified atom stereocenters. The quantitative estimate of drug-likeness (QED) is 0.819. The van der Waals surface area contributed by atoms with Gasteiger partial charge in [-0.15, -0.1) is 0 Å². The molecule has 2 amide bonds. The summed E-state index contributed by atoms with van der Waals surface area (Å²) in [4.78, 5) is 29.7. The number of H-pyrrole nitrogens is 1. The first kappa shape index (κ1) is 21.6. The predicted octanol–water partition coefficient (Wildman–Crippen LogP) is 2.92. The number of nitrogens with one attached hydrogen (secondary N) is 1. The smallest absolute Gasteiger partial charge is 0.257 e. The van der Waals surface area contributed by atoms with Crippen LogP contribution in [-0.2, 0) is 16.0 Å². The molecule has 0 spiro atoms. The second kappa shape index (κ2) is 9.22. The molecule has 0 radical (unpaired) electrons. The molecule has 7 nitrogen and oxygen atoms in total. The summed E-state index contributed by atoms with van der Waals surface area (Å²) in [5.74, 6) is 0.392. The molecule has 4 rings (SSSR count). The second-order valence-corrected chi connectivity index (χ2v) is 8.98. The van der Waals surface area contributed by atoms with Crippen molar-refractivity contribution in [3.63, 3.8) is 0 Å². The van der Waals surface area contributed by atoms with Gasteiger partial charge >= 0.3 is 0 Å². The highest BCUT2D eigenvalue weighted by Crippen LogP contribution is 2.30. The van der Waals surface area contributed by atoms with Crippen molar-refractivity contribution in [3.05, 3.63) is 52.8 Å². The van der Waals surface area contributed by atoms with Crippen molar-refractivity contribution in [3.8, 4) is 0 Å². The minimum absolute atomic E-state index is 0.0172. The molecule has 2 aliphatic rings. The van der Waals surface area contributed by atoms with Crippen LogP contribution in [0.5, 0.6) is 0 Å². The van der Waals surface area contributed by atoms with Gasteiger partial charge in [0.05, 0.1) is 36.1 Å². The standard InChI is InChI=1S/C24H32N4O3/c1-16-4-6-19(7-5-16)12-22(29)27-10-8-20(9-11-27)23-21(13-25-26-23)24(30)28-14-17(2)31-18(3)15-28/h4-7,13,17-18,20H,8-12,14-15H2,1-3H3,(H,25,26)/t17-,18+. The van der Waals surface area contributed by atoms with Gasteiger partial charge in [-0.25, -0.2) is 0 Å². The number of hydrogen-bond donors (Lipinski definition) is 1. The van der Waals surface area contributed by atoms with Crippen LogP contribution in [0.25, 0.3) is 0 Å². The number of carbonyl (C=O) groups is 2. The largest absolute Gasteiger partial charge is 0.372 e. The molecular formula is C24H32N4O3. The van der Waals surface area contributed by atoms with Crippen molar-refractivity contribution >= 4 is 11.8 Å². The van der Waals surface area contributed by atoms with Crippen LogP contribution < -0.4 is 0 Å². The summed E-state index contributed by atoms with van der Waals surface area (Å²) in [5.41, 5.74) is 3.81. The minimum atomic E-state index is 0.0172. The molecule has 1 aromatic carbocycles. The summed E-state index contributed by atoms with van der Waals surface area (Å²) in [6.07, 6.45) is 3.82. The summed E-state index contributed by atoms with van der Waals surface area (Å²) >= 11 is 0. The number of piperidine rings is 1. The predicted molar refractivity (Wildman–Crippen MR) is 118 cm³/mol. The molecule has 2 atom stereocenters. The lowest BCUT2D eigenvalue weighted by Crippen LogP contribution is -2.48. The molecule has 7 heteroatoms. The highest BCUT2D eigenvalue weighted by atomic mass is 16.5. The molecule has 2 saturated heterocycles. The van der Waals surface area contributed by atoms with Crippen LogP contribution in [0.15, 0.2) is 30.5 Å². The maximum atomic E-state index is 13.2. The fourth-order valence-corrected chi connectivity index (χ4v) is 4.70. The Balaban J connectivity index is 1.36. The first-order chi connectivity index (χ1) is 14.9. The van der Waals surface area contributed by atoms with Gasteiger partial charge in [-0.3, -0.25) is 14.7 Å². The monoisotopic (exact) mass is 424 g/mol. The van der Waals surface area contributed by atoms with Crippen molar-refractivity contribution in [2.75, 3.05) is 26.2 Å². The lowest BCUT2D eigenvalue weighted by Gasteiger charge is -2.36. The minimum Gasteiger partial charge on any atom is -0.372 e. The summed E-state index contributed by atoms with van der Waals surface area (Å²) in [5, 5.41) is 7.26. The van der Waals surface area contributed by atoms with E-state index in [0.717, 1.165) is 24.1 Å². The molecule has 2 fully saturated rings. The van der Waals surface area contributed by atoms with E-state index >= 15 is 0 Å². The van der Waals surface area contributed by atoms with Crippen molar-refractivity contribution in [1.29, 1.82) is 0 Å². The third-order valence-corrected chi connectivity index (χ3v) is 6.34. The van der Waals surface area contributed by atoms with Crippen LogP contribution in [0.2, 0.25) is 0 Å². The fourth-order valence-electron chi connectivity index (χ4n) is 4.70. The van der Waals surface area contributed by atoms with Gasteiger partial charge in [0.15, 0.2) is 0 Å². The van der Waals surface area contributed by atoms with E-state index in [1.165, 1.54) is 5.56 Å². The average molecular weight is 425 g/mol. The van der Waals surface area contributed by atoms with E-state index in [-0.39, 0.29) is 29.9 Å². The number of rotatable bonds is 4. The van der Waals surface area contributed by atoms with E-state index in [4.69, 9.17) is 4.74 Å². The third-order valence-electron chi connectivity index (χ3n) is 6.34. The van der Waals surface area contributed by atoms with E-state index in [1.54, 1.807) is 6.20 Å². The van der Waals surface area contributed by atoms with Crippen molar-refractivity contribution in [2.24, 2.45) is 0 Å². The number of amides is 2. The highest BCUT2D eigenvalue weighted by molar-refractivity contribution is 5.95. The Bertz CT molecular complexity index is 905. The number of hydrogen-bond acceptors (Lipinski definition) is 4. The number of morpholine rings is 1. The first-order valence-electron chi connectivity index (χ1n) is 11.2. The normalized spacial score (nSPS) is 22.5. The topological polar surface area (TPSA) is 78.5 Å². The number of aromatic amines is 1. The van der Waals surface area contributed by atoms with Gasteiger partial charge in [0, 0.05) is 32.1 Å². The van der Waals surface area contributed by atoms with Crippen molar-refractivity contribution in [1.82, 2.24) is 20.0 Å². The molecule has 2 aliphatic heterocycles. The summed E-state index contributed by atoms with van der Waals surface area (Å²) < 4.78 is 5.76. The van der Waals surface area contributed by atoms with Gasteiger partial charge in [-0.2, -0.15) is 5.10 Å². The summed E-state index contributed by atoms with van der Waals surface area (Å²) in [6.45, 7) is 8.64. The lowest BCUT2D eigenvalue weighted by atomic mass is 9.90. The number of aryl methyl sites for hydroxylation is 1. The van der Waals surface area contributed by atoms with Gasteiger partial charge in [0.25, 0.3) is 5.91 Å². The Labute approximate surface area is 183 Å². The Morgan fingerprint density at radius 3 is 2.35 bits per heavy atom. The molecule has 2 aromatic rings. The van der Waals surface area contributed by atoms with Gasteiger partial charge in [0.2, 0.25) is 5.91 Å². The Kier molecular flexibility index (Phi) is 6.41. The van der Waals surface area contributed by atoms with Crippen LogP contribution in [0.1, 0.15) is 59.8 Å². The van der Waals surface area contributed by atoms with E-state index in [1.807, 2.05) is 54.8 Å². The summed E-state index contributed by atoms with van der Waals surface area (Å²) in [6, 6.07) is 8.13. The van der Waals surface area contributed by atoms with E-state index in [9.17, 15) is 9.59 Å². The van der Waals surface area contributed by atoms with Gasteiger partial charge in [0.1, 0.15) is 0 Å². The van der Waals surface area contributed by atoms with Crippen molar-refractivity contribution in [2.45, 2.75) is 58.2 Å². The fraction of sp³-hybridized carbons (Fsp3) is 0.542. The van der Waals surface area contributed by atoms with Crippen LogP contribution in [0, 0.1) is 6.92 Å². The lowest BCUT2D eigenvalue weighted by molar-refractivity contribution is -0.131. The van der Waals surface area contributed by atoms with E-state index in [0.29, 0.717) is 38.2 Å². The van der Waals surface area contributed by atoms with Gasteiger partial charge in [-0.05, 0) is 39.2 Å². The summed E-state index contributed by atoms with van der Waals surface area (Å²) in [7, 11) is 0. The number of carbonyl (C=O) groups excluding carboxylic acids is 2. The van der Waals surface area contributed by atoms with Crippen LogP contribution in [-0.4, -0.2) is 70.2 Å². The van der Waals surface area contributed by atoms with Crippen LogP contribution in [0.3, 0.4) is 0 Å². The number of likely N-dealkylation sites (tertiary alicyclic amines) is 1. The zero-order valence-corrected chi connectivity index (χ0v) is 18.6. The maximum Gasteiger partial charge on any atom is 0.257 e. The Hall–Kier alpha value is -2.67. The molecule has 31 heavy (non-hydrogen) atoms. The number of ether oxygens (including phenoxy) is 1. The molecule has 1 N–H and O–H groups in total. The van der Waals surface area contributed by atoms with Crippen molar-refractivity contribution < 1.29 is 14.3 Å². The Morgan fingerprint density at radius 2 is 1.71 bits per heavy atom. The van der Waals surface area contributed by atoms with Gasteiger partial charge in [-0.1, -0.05) is 29.8 Å². The molecule has 0 bridgehead atoms.